The van der Waals surface area contributed by atoms with Crippen molar-refractivity contribution in [3.63, 3.8) is 0 Å². The van der Waals surface area contributed by atoms with Gasteiger partial charge in [-0.1, -0.05) is 23.7 Å². The number of hydrogen-bond donors (Lipinski definition) is 0. The van der Waals surface area contributed by atoms with Gasteiger partial charge in [0.2, 0.25) is 0 Å². The Morgan fingerprint density at radius 2 is 1.96 bits per heavy atom. The van der Waals surface area contributed by atoms with Crippen LogP contribution < -0.4 is 0 Å². The van der Waals surface area contributed by atoms with Crippen molar-refractivity contribution in [2.45, 2.75) is 13.5 Å². The third kappa shape index (κ3) is 2.26. The molecule has 3 aromatic rings. The van der Waals surface area contributed by atoms with Crippen molar-refractivity contribution in [2.75, 3.05) is 0 Å². The summed E-state index contributed by atoms with van der Waals surface area (Å²) in [4.78, 5) is 9.04. The Kier molecular flexibility index (Phi) is 3.27. The minimum Gasteiger partial charge on any atom is -0.299 e. The van der Waals surface area contributed by atoms with Crippen molar-refractivity contribution >= 4 is 17.3 Å². The molecule has 1 aromatic heterocycles. The molecule has 0 N–H and O–H groups in total. The number of aliphatic imine (C=N–C) groups is 1. The number of fused-ring (bicyclic) bond motifs is 3. The Labute approximate surface area is 138 Å². The lowest BCUT2D eigenvalue weighted by Crippen LogP contribution is -2.09. The van der Waals surface area contributed by atoms with E-state index in [9.17, 15) is 4.39 Å². The fourth-order valence-electron chi connectivity index (χ4n) is 2.94. The molecule has 23 heavy (non-hydrogen) atoms. The maximum absolute atomic E-state index is 14.3. The standard InChI is InChI=1S/C18H13ClFN3/c1-11-9-21-17-10-22-18(13-4-2-3-5-15(13)20)14-8-12(19)6-7-16(14)23(11)17/h2-9H,10H2,1H3. The van der Waals surface area contributed by atoms with Gasteiger partial charge >= 0.3 is 0 Å². The summed E-state index contributed by atoms with van der Waals surface area (Å²) in [6.07, 6.45) is 1.82. The molecule has 0 saturated carbocycles. The Morgan fingerprint density at radius 3 is 2.78 bits per heavy atom. The van der Waals surface area contributed by atoms with Crippen LogP contribution in [0.1, 0.15) is 22.6 Å². The van der Waals surface area contributed by atoms with Gasteiger partial charge in [-0.25, -0.2) is 9.37 Å². The molecule has 0 atom stereocenters. The summed E-state index contributed by atoms with van der Waals surface area (Å²) in [5.74, 6) is 0.533. The molecular weight excluding hydrogens is 313 g/mol. The number of halogens is 2. The van der Waals surface area contributed by atoms with Gasteiger partial charge in [0, 0.05) is 28.0 Å². The van der Waals surface area contributed by atoms with E-state index in [4.69, 9.17) is 11.6 Å². The molecule has 0 fully saturated rings. The van der Waals surface area contributed by atoms with Gasteiger partial charge in [0.15, 0.2) is 0 Å². The average molecular weight is 326 g/mol. The normalized spacial score (nSPS) is 13.1. The fraction of sp³-hybridized carbons (Fsp3) is 0.111. The third-order valence-electron chi connectivity index (χ3n) is 3.97. The number of imidazole rings is 1. The van der Waals surface area contributed by atoms with Crippen LogP contribution in [0.2, 0.25) is 5.02 Å². The van der Waals surface area contributed by atoms with E-state index in [1.165, 1.54) is 6.07 Å². The number of hydrogen-bond acceptors (Lipinski definition) is 2. The molecule has 1 aliphatic rings. The molecule has 0 aliphatic carbocycles. The van der Waals surface area contributed by atoms with Crippen LogP contribution in [0.3, 0.4) is 0 Å². The smallest absolute Gasteiger partial charge is 0.135 e. The van der Waals surface area contributed by atoms with Gasteiger partial charge in [0.1, 0.15) is 11.6 Å². The molecule has 0 radical (unpaired) electrons. The highest BCUT2D eigenvalue weighted by atomic mass is 35.5. The number of aromatic nitrogens is 2. The van der Waals surface area contributed by atoms with Gasteiger partial charge in [-0.3, -0.25) is 9.56 Å². The highest BCUT2D eigenvalue weighted by molar-refractivity contribution is 6.31. The topological polar surface area (TPSA) is 30.2 Å². The summed E-state index contributed by atoms with van der Waals surface area (Å²) in [6, 6.07) is 12.2. The summed E-state index contributed by atoms with van der Waals surface area (Å²) in [7, 11) is 0. The first kappa shape index (κ1) is 14.2. The van der Waals surface area contributed by atoms with E-state index in [0.717, 1.165) is 22.8 Å². The maximum Gasteiger partial charge on any atom is 0.135 e. The van der Waals surface area contributed by atoms with Crippen molar-refractivity contribution in [1.82, 2.24) is 9.55 Å². The van der Waals surface area contributed by atoms with Crippen molar-refractivity contribution in [2.24, 2.45) is 4.99 Å². The largest absolute Gasteiger partial charge is 0.299 e. The SMILES string of the molecule is Cc1cnc2n1-c1ccc(Cl)cc1C(c1ccccc1F)=NC2. The average Bonchev–Trinajstić information content (AvgIpc) is 2.82. The summed E-state index contributed by atoms with van der Waals surface area (Å²) >= 11 is 6.19. The van der Waals surface area contributed by atoms with Crippen LogP contribution in [0.5, 0.6) is 0 Å². The van der Waals surface area contributed by atoms with Gasteiger partial charge < -0.3 is 0 Å². The van der Waals surface area contributed by atoms with Crippen LogP contribution in [0.25, 0.3) is 5.69 Å². The molecule has 3 nitrogen and oxygen atoms in total. The van der Waals surface area contributed by atoms with E-state index in [2.05, 4.69) is 9.98 Å². The zero-order valence-corrected chi connectivity index (χ0v) is 13.2. The third-order valence-corrected chi connectivity index (χ3v) is 4.21. The summed E-state index contributed by atoms with van der Waals surface area (Å²) in [5.41, 5.74) is 3.81. The number of aryl methyl sites for hydroxylation is 1. The molecule has 2 aromatic carbocycles. The van der Waals surface area contributed by atoms with Crippen LogP contribution in [0.15, 0.2) is 53.7 Å². The predicted molar refractivity (Wildman–Crippen MR) is 89.1 cm³/mol. The maximum atomic E-state index is 14.3. The molecule has 0 unspecified atom stereocenters. The second kappa shape index (κ2) is 5.32. The van der Waals surface area contributed by atoms with Gasteiger partial charge in [-0.15, -0.1) is 0 Å². The van der Waals surface area contributed by atoms with Gasteiger partial charge in [-0.05, 0) is 37.3 Å². The van der Waals surface area contributed by atoms with E-state index in [0.29, 0.717) is 22.8 Å². The van der Waals surface area contributed by atoms with Gasteiger partial charge in [-0.2, -0.15) is 0 Å². The van der Waals surface area contributed by atoms with Crippen LogP contribution in [-0.2, 0) is 6.54 Å². The van der Waals surface area contributed by atoms with Crippen molar-refractivity contribution in [3.8, 4) is 5.69 Å². The molecule has 0 spiro atoms. The molecule has 4 rings (SSSR count). The summed E-state index contributed by atoms with van der Waals surface area (Å²) in [5, 5.41) is 0.592. The molecular formula is C18H13ClFN3. The van der Waals surface area contributed by atoms with E-state index >= 15 is 0 Å². The number of rotatable bonds is 1. The minimum absolute atomic E-state index is 0.298. The first-order valence-corrected chi connectivity index (χ1v) is 7.66. The summed E-state index contributed by atoms with van der Waals surface area (Å²) < 4.78 is 16.3. The fourth-order valence-corrected chi connectivity index (χ4v) is 3.11. The predicted octanol–water partition coefficient (Wildman–Crippen LogP) is 4.32. The Bertz CT molecular complexity index is 943. The van der Waals surface area contributed by atoms with Crippen molar-refractivity contribution in [1.29, 1.82) is 0 Å². The molecule has 2 heterocycles. The van der Waals surface area contributed by atoms with E-state index < -0.39 is 0 Å². The zero-order valence-electron chi connectivity index (χ0n) is 12.4. The van der Waals surface area contributed by atoms with Crippen molar-refractivity contribution < 1.29 is 4.39 Å². The van der Waals surface area contributed by atoms with E-state index in [-0.39, 0.29) is 5.82 Å². The number of benzene rings is 2. The molecule has 5 heteroatoms. The second-order valence-electron chi connectivity index (χ2n) is 5.46. The molecule has 0 amide bonds. The first-order valence-electron chi connectivity index (χ1n) is 7.28. The highest BCUT2D eigenvalue weighted by Gasteiger charge is 2.22. The van der Waals surface area contributed by atoms with Crippen LogP contribution >= 0.6 is 11.6 Å². The lowest BCUT2D eigenvalue weighted by molar-refractivity contribution is 0.625. The van der Waals surface area contributed by atoms with Gasteiger partial charge in [0.05, 0.1) is 17.9 Å². The minimum atomic E-state index is -0.298. The lowest BCUT2D eigenvalue weighted by Gasteiger charge is -2.14. The zero-order chi connectivity index (χ0) is 16.0. The highest BCUT2D eigenvalue weighted by Crippen LogP contribution is 2.29. The Hall–Kier alpha value is -2.46. The Morgan fingerprint density at radius 1 is 1.13 bits per heavy atom. The molecule has 1 aliphatic heterocycles. The Balaban J connectivity index is 2.03. The molecule has 0 bridgehead atoms. The molecule has 114 valence electrons. The monoisotopic (exact) mass is 325 g/mol. The van der Waals surface area contributed by atoms with Gasteiger partial charge in [0.25, 0.3) is 0 Å². The van der Waals surface area contributed by atoms with Crippen LogP contribution in [-0.4, -0.2) is 15.3 Å². The quantitative estimate of drug-likeness (QED) is 0.655. The van der Waals surface area contributed by atoms with Crippen LogP contribution in [0.4, 0.5) is 4.39 Å². The summed E-state index contributed by atoms with van der Waals surface area (Å²) in [6.45, 7) is 2.38. The second-order valence-corrected chi connectivity index (χ2v) is 5.89. The van der Waals surface area contributed by atoms with E-state index in [1.54, 1.807) is 18.2 Å². The van der Waals surface area contributed by atoms with Crippen LogP contribution in [0, 0.1) is 12.7 Å². The number of nitrogens with zero attached hydrogens (tertiary/aromatic N) is 3. The lowest BCUT2D eigenvalue weighted by atomic mass is 10.00. The van der Waals surface area contributed by atoms with E-state index in [1.807, 2.05) is 35.9 Å². The first-order chi connectivity index (χ1) is 11.1. The van der Waals surface area contributed by atoms with Crippen molar-refractivity contribution in [3.05, 3.63) is 82.1 Å². The molecule has 0 saturated heterocycles.